The molecule has 0 radical (unpaired) electrons. The van der Waals surface area contributed by atoms with Crippen molar-refractivity contribution in [2.75, 3.05) is 18.0 Å². The molecular weight excluding hydrogens is 332 g/mol. The molecule has 26 heavy (non-hydrogen) atoms. The van der Waals surface area contributed by atoms with Gasteiger partial charge in [0, 0.05) is 24.6 Å². The molecule has 3 rings (SSSR count). The molecule has 2 unspecified atom stereocenters. The Morgan fingerprint density at radius 2 is 2.04 bits per heavy atom. The van der Waals surface area contributed by atoms with Gasteiger partial charge in [0.15, 0.2) is 0 Å². The Bertz CT molecular complexity index is 768. The molecule has 0 bridgehead atoms. The third-order valence-corrected chi connectivity index (χ3v) is 4.67. The Morgan fingerprint density at radius 3 is 2.69 bits per heavy atom. The van der Waals surface area contributed by atoms with E-state index < -0.39 is 6.09 Å². The van der Waals surface area contributed by atoms with E-state index in [1.54, 1.807) is 0 Å². The molecule has 7 nitrogen and oxygen atoms in total. The van der Waals surface area contributed by atoms with Crippen LogP contribution in [0.15, 0.2) is 48.5 Å². The Hall–Kier alpha value is -2.93. The fourth-order valence-electron chi connectivity index (χ4n) is 3.36. The van der Waals surface area contributed by atoms with Crippen LogP contribution in [0.25, 0.3) is 11.3 Å². The van der Waals surface area contributed by atoms with Gasteiger partial charge in [0.25, 0.3) is 0 Å². The van der Waals surface area contributed by atoms with Crippen molar-refractivity contribution in [3.8, 4) is 11.3 Å². The van der Waals surface area contributed by atoms with Crippen LogP contribution in [-0.2, 0) is 4.79 Å². The van der Waals surface area contributed by atoms with Crippen LogP contribution in [0.5, 0.6) is 0 Å². The van der Waals surface area contributed by atoms with Crippen LogP contribution < -0.4 is 10.6 Å². The van der Waals surface area contributed by atoms with Crippen LogP contribution >= 0.6 is 0 Å². The summed E-state index contributed by atoms with van der Waals surface area (Å²) in [6.45, 7) is 0.453. The number of rotatable bonds is 5. The van der Waals surface area contributed by atoms with Crippen LogP contribution in [-0.4, -0.2) is 52.7 Å². The van der Waals surface area contributed by atoms with E-state index in [0.717, 1.165) is 22.0 Å². The van der Waals surface area contributed by atoms with E-state index in [9.17, 15) is 14.7 Å². The Balaban J connectivity index is 1.76. The monoisotopic (exact) mass is 354 g/mol. The SMILES string of the molecule is NC1CC(N(CC=O)C(=O)O)CCN1c1cccc(-c2ccccc2)n1. The van der Waals surface area contributed by atoms with Gasteiger partial charge in [-0.2, -0.15) is 0 Å². The van der Waals surface area contributed by atoms with Crippen molar-refractivity contribution in [2.45, 2.75) is 25.0 Å². The summed E-state index contributed by atoms with van der Waals surface area (Å²) in [4.78, 5) is 30.0. The van der Waals surface area contributed by atoms with E-state index in [1.807, 2.05) is 53.4 Å². The topological polar surface area (TPSA) is 99.8 Å². The Labute approximate surface area is 152 Å². The second-order valence-corrected chi connectivity index (χ2v) is 6.29. The van der Waals surface area contributed by atoms with E-state index in [2.05, 4.69) is 0 Å². The zero-order valence-electron chi connectivity index (χ0n) is 14.4. The molecule has 0 saturated carbocycles. The van der Waals surface area contributed by atoms with Gasteiger partial charge in [0.2, 0.25) is 0 Å². The number of piperidine rings is 1. The molecule has 2 aromatic rings. The molecule has 1 amide bonds. The van der Waals surface area contributed by atoms with Gasteiger partial charge >= 0.3 is 6.09 Å². The molecule has 1 aromatic heterocycles. The smallest absolute Gasteiger partial charge is 0.407 e. The third-order valence-electron chi connectivity index (χ3n) is 4.67. The molecular formula is C19H22N4O3. The summed E-state index contributed by atoms with van der Waals surface area (Å²) in [6, 6.07) is 15.4. The highest BCUT2D eigenvalue weighted by molar-refractivity contribution is 5.70. The van der Waals surface area contributed by atoms with Gasteiger partial charge in [-0.05, 0) is 18.6 Å². The number of carboxylic acid groups (broad SMARTS) is 1. The predicted molar refractivity (Wildman–Crippen MR) is 98.8 cm³/mol. The van der Waals surface area contributed by atoms with E-state index >= 15 is 0 Å². The minimum absolute atomic E-state index is 0.130. The number of carbonyl (C=O) groups is 2. The lowest BCUT2D eigenvalue weighted by Crippen LogP contribution is -2.55. The second-order valence-electron chi connectivity index (χ2n) is 6.29. The molecule has 3 N–H and O–H groups in total. The molecule has 0 aliphatic carbocycles. The number of hydrogen-bond donors (Lipinski definition) is 2. The highest BCUT2D eigenvalue weighted by atomic mass is 16.4. The number of hydrogen-bond acceptors (Lipinski definition) is 5. The highest BCUT2D eigenvalue weighted by Crippen LogP contribution is 2.26. The van der Waals surface area contributed by atoms with Gasteiger partial charge in [-0.25, -0.2) is 9.78 Å². The number of nitrogens with two attached hydrogens (primary N) is 1. The number of nitrogens with zero attached hydrogens (tertiary/aromatic N) is 3. The third kappa shape index (κ3) is 3.83. The van der Waals surface area contributed by atoms with Crippen LogP contribution in [0.4, 0.5) is 10.6 Å². The first-order valence-corrected chi connectivity index (χ1v) is 8.58. The zero-order chi connectivity index (χ0) is 18.5. The average Bonchev–Trinajstić information content (AvgIpc) is 2.66. The van der Waals surface area contributed by atoms with E-state index in [1.165, 1.54) is 0 Å². The van der Waals surface area contributed by atoms with Gasteiger partial charge in [0.1, 0.15) is 12.1 Å². The van der Waals surface area contributed by atoms with Crippen molar-refractivity contribution in [1.82, 2.24) is 9.88 Å². The van der Waals surface area contributed by atoms with E-state index in [4.69, 9.17) is 10.7 Å². The maximum atomic E-state index is 11.3. The summed E-state index contributed by atoms with van der Waals surface area (Å²) in [5.74, 6) is 0.773. The summed E-state index contributed by atoms with van der Waals surface area (Å²) in [5.41, 5.74) is 8.20. The van der Waals surface area contributed by atoms with Gasteiger partial charge in [0.05, 0.1) is 18.4 Å². The van der Waals surface area contributed by atoms with Crippen molar-refractivity contribution in [1.29, 1.82) is 0 Å². The molecule has 1 fully saturated rings. The largest absolute Gasteiger partial charge is 0.465 e. The van der Waals surface area contributed by atoms with Crippen LogP contribution in [0.2, 0.25) is 0 Å². The molecule has 1 aromatic carbocycles. The fourth-order valence-corrected chi connectivity index (χ4v) is 3.36. The number of aldehydes is 1. The van der Waals surface area contributed by atoms with Crippen molar-refractivity contribution < 1.29 is 14.7 Å². The van der Waals surface area contributed by atoms with Gasteiger partial charge < -0.3 is 20.5 Å². The lowest BCUT2D eigenvalue weighted by atomic mass is 10.0. The van der Waals surface area contributed by atoms with Crippen LogP contribution in [0.1, 0.15) is 12.8 Å². The number of pyridine rings is 1. The predicted octanol–water partition coefficient (Wildman–Crippen LogP) is 2.18. The molecule has 1 aliphatic rings. The quantitative estimate of drug-likeness (QED) is 0.799. The number of benzene rings is 1. The Morgan fingerprint density at radius 1 is 1.27 bits per heavy atom. The first kappa shape index (κ1) is 17.9. The molecule has 136 valence electrons. The molecule has 0 spiro atoms. The molecule has 1 saturated heterocycles. The van der Waals surface area contributed by atoms with Crippen molar-refractivity contribution in [2.24, 2.45) is 5.73 Å². The van der Waals surface area contributed by atoms with Crippen molar-refractivity contribution in [3.05, 3.63) is 48.5 Å². The van der Waals surface area contributed by atoms with Gasteiger partial charge in [-0.15, -0.1) is 0 Å². The molecule has 1 aliphatic heterocycles. The first-order valence-electron chi connectivity index (χ1n) is 8.58. The average molecular weight is 354 g/mol. The highest BCUT2D eigenvalue weighted by Gasteiger charge is 2.32. The normalized spacial score (nSPS) is 19.8. The minimum Gasteiger partial charge on any atom is -0.465 e. The molecule has 7 heteroatoms. The summed E-state index contributed by atoms with van der Waals surface area (Å²) in [6.07, 6.45) is 0.215. The zero-order valence-corrected chi connectivity index (χ0v) is 14.4. The lowest BCUT2D eigenvalue weighted by Gasteiger charge is -2.41. The molecule has 2 atom stereocenters. The number of aromatic nitrogens is 1. The van der Waals surface area contributed by atoms with Crippen molar-refractivity contribution >= 4 is 18.2 Å². The molecule has 2 heterocycles. The fraction of sp³-hybridized carbons (Fsp3) is 0.316. The maximum Gasteiger partial charge on any atom is 0.407 e. The van der Waals surface area contributed by atoms with E-state index in [-0.39, 0.29) is 18.8 Å². The number of carbonyl (C=O) groups excluding carboxylic acids is 1. The van der Waals surface area contributed by atoms with Crippen LogP contribution in [0.3, 0.4) is 0 Å². The van der Waals surface area contributed by atoms with E-state index in [0.29, 0.717) is 25.7 Å². The summed E-state index contributed by atoms with van der Waals surface area (Å²) >= 11 is 0. The minimum atomic E-state index is -1.09. The maximum absolute atomic E-state index is 11.3. The summed E-state index contributed by atoms with van der Waals surface area (Å²) in [7, 11) is 0. The Kier molecular flexibility index (Phi) is 5.48. The van der Waals surface area contributed by atoms with Crippen LogP contribution in [0, 0.1) is 0 Å². The van der Waals surface area contributed by atoms with Gasteiger partial charge in [-0.1, -0.05) is 36.4 Å². The van der Waals surface area contributed by atoms with Gasteiger partial charge in [-0.3, -0.25) is 4.90 Å². The number of amides is 1. The number of anilines is 1. The summed E-state index contributed by atoms with van der Waals surface area (Å²) < 4.78 is 0. The summed E-state index contributed by atoms with van der Waals surface area (Å²) in [5, 5.41) is 9.29. The first-order chi connectivity index (χ1) is 12.6. The lowest BCUT2D eigenvalue weighted by molar-refractivity contribution is -0.109. The standard InChI is InChI=1S/C19H22N4O3/c20-17-13-15(22(11-12-24)19(25)26)9-10-23(17)18-8-4-7-16(21-18)14-5-2-1-3-6-14/h1-8,12,15,17H,9-11,13,20H2,(H,25,26). The second kappa shape index (κ2) is 7.97. The van der Waals surface area contributed by atoms with Crippen molar-refractivity contribution in [3.63, 3.8) is 0 Å².